The summed E-state index contributed by atoms with van der Waals surface area (Å²) in [5.74, 6) is -0.256. The van der Waals surface area contributed by atoms with E-state index in [2.05, 4.69) is 15.3 Å². The molecule has 0 fully saturated rings. The molecule has 0 saturated heterocycles. The first kappa shape index (κ1) is 25.4. The Balaban J connectivity index is 1.44. The van der Waals surface area contributed by atoms with Crippen LogP contribution >= 0.6 is 0 Å². The number of hydrogen-bond acceptors (Lipinski definition) is 6. The summed E-state index contributed by atoms with van der Waals surface area (Å²) in [5.41, 5.74) is 1.48. The number of benzene rings is 3. The van der Waals surface area contributed by atoms with E-state index in [4.69, 9.17) is 9.47 Å². The van der Waals surface area contributed by atoms with E-state index < -0.39 is 11.8 Å². The molecule has 1 aliphatic rings. The third kappa shape index (κ3) is 4.73. The molecule has 3 N–H and O–H groups in total. The second-order valence-electron chi connectivity index (χ2n) is 10.2. The highest BCUT2D eigenvalue weighted by molar-refractivity contribution is 6.00. The van der Waals surface area contributed by atoms with E-state index in [1.54, 1.807) is 49.6 Å². The van der Waals surface area contributed by atoms with Gasteiger partial charge in [-0.05, 0) is 23.8 Å². The van der Waals surface area contributed by atoms with Crippen molar-refractivity contribution in [3.05, 3.63) is 95.1 Å². The topological polar surface area (TPSA) is 117 Å². The molecule has 2 heterocycles. The molecule has 9 nitrogen and oxygen atoms in total. The van der Waals surface area contributed by atoms with Crippen molar-refractivity contribution in [2.75, 3.05) is 20.3 Å². The van der Waals surface area contributed by atoms with Gasteiger partial charge in [-0.15, -0.1) is 0 Å². The first-order chi connectivity index (χ1) is 18.2. The third-order valence-electron chi connectivity index (χ3n) is 6.65. The molecule has 0 spiro atoms. The van der Waals surface area contributed by atoms with Crippen LogP contribution in [0.5, 0.6) is 6.01 Å². The smallest absolute Gasteiger partial charge is 0.384 e. The summed E-state index contributed by atoms with van der Waals surface area (Å²) in [5, 5.41) is 14.9. The largest absolute Gasteiger partial charge is 0.415 e. The number of fused-ring (bicyclic) bond motifs is 2. The highest BCUT2D eigenvalue weighted by Crippen LogP contribution is 2.43. The number of imidazole rings is 1. The van der Waals surface area contributed by atoms with Crippen molar-refractivity contribution in [1.82, 2.24) is 20.2 Å². The monoisotopic (exact) mass is 514 g/mol. The van der Waals surface area contributed by atoms with Crippen molar-refractivity contribution >= 4 is 23.0 Å². The van der Waals surface area contributed by atoms with Crippen LogP contribution in [0.3, 0.4) is 0 Å². The second-order valence-corrected chi connectivity index (χ2v) is 10.2. The summed E-state index contributed by atoms with van der Waals surface area (Å²) in [6.45, 7) is 5.01. The molecule has 1 unspecified atom stereocenters. The molecule has 1 aliphatic heterocycles. The lowest BCUT2D eigenvalue weighted by Crippen LogP contribution is -2.44. The van der Waals surface area contributed by atoms with Crippen LogP contribution in [0, 0.1) is 5.41 Å². The summed E-state index contributed by atoms with van der Waals surface area (Å²) in [4.78, 5) is 34.6. The highest BCUT2D eigenvalue weighted by atomic mass is 16.6. The predicted molar refractivity (Wildman–Crippen MR) is 142 cm³/mol. The Morgan fingerprint density at radius 2 is 1.84 bits per heavy atom. The highest BCUT2D eigenvalue weighted by Gasteiger charge is 2.49. The normalized spacial score (nSPS) is 17.1. The minimum atomic E-state index is -1.70. The average molecular weight is 515 g/mol. The average Bonchev–Trinajstić information content (AvgIpc) is 3.40. The predicted octanol–water partition coefficient (Wildman–Crippen LogP) is 4.17. The first-order valence-electron chi connectivity index (χ1n) is 12.3. The van der Waals surface area contributed by atoms with Gasteiger partial charge in [-0.1, -0.05) is 68.4 Å². The number of aromatic nitrogens is 2. The molecule has 3 aromatic carbocycles. The number of nitrogens with zero attached hydrogens (tertiary/aromatic N) is 2. The lowest BCUT2D eigenvalue weighted by atomic mass is 9.93. The maximum atomic E-state index is 13.4. The number of methoxy groups -OCH3 is 1. The molecular formula is C29H30N4O5. The van der Waals surface area contributed by atoms with Crippen LogP contribution in [0.4, 0.5) is 4.79 Å². The van der Waals surface area contributed by atoms with Gasteiger partial charge in [0.25, 0.3) is 5.91 Å². The quantitative estimate of drug-likeness (QED) is 0.325. The Morgan fingerprint density at radius 1 is 1.11 bits per heavy atom. The summed E-state index contributed by atoms with van der Waals surface area (Å²) < 4.78 is 10.5. The molecule has 5 rings (SSSR count). The van der Waals surface area contributed by atoms with Crippen LogP contribution in [0.25, 0.3) is 11.0 Å². The van der Waals surface area contributed by atoms with Crippen molar-refractivity contribution in [2.45, 2.75) is 26.1 Å². The fourth-order valence-electron chi connectivity index (χ4n) is 4.80. The number of H-pyrrole nitrogens is 1. The molecule has 1 aromatic heterocycles. The number of nitrogens with one attached hydrogen (secondary N) is 2. The minimum Gasteiger partial charge on any atom is -0.384 e. The zero-order valence-corrected chi connectivity index (χ0v) is 21.5. The zero-order valence-electron chi connectivity index (χ0n) is 21.5. The number of aliphatic hydroxyl groups is 1. The van der Waals surface area contributed by atoms with Gasteiger partial charge in [0.2, 0.25) is 0 Å². The van der Waals surface area contributed by atoms with Crippen molar-refractivity contribution in [2.24, 2.45) is 5.41 Å². The second kappa shape index (κ2) is 9.92. The number of rotatable bonds is 8. The first-order valence-corrected chi connectivity index (χ1v) is 12.3. The number of carbonyl (C=O) groups is 2. The van der Waals surface area contributed by atoms with E-state index in [0.717, 1.165) is 5.56 Å². The van der Waals surface area contributed by atoms with Crippen molar-refractivity contribution in [1.29, 1.82) is 0 Å². The fraction of sp³-hybridized carbons (Fsp3) is 0.276. The molecular weight excluding hydrogens is 484 g/mol. The van der Waals surface area contributed by atoms with Crippen molar-refractivity contribution in [3.8, 4) is 6.01 Å². The van der Waals surface area contributed by atoms with E-state index in [1.807, 2.05) is 44.2 Å². The van der Waals surface area contributed by atoms with Gasteiger partial charge in [-0.3, -0.25) is 9.69 Å². The maximum Gasteiger partial charge on any atom is 0.415 e. The van der Waals surface area contributed by atoms with Gasteiger partial charge in [0.15, 0.2) is 5.72 Å². The van der Waals surface area contributed by atoms with Gasteiger partial charge in [0.1, 0.15) is 0 Å². The Labute approximate surface area is 220 Å². The van der Waals surface area contributed by atoms with E-state index in [-0.39, 0.29) is 23.9 Å². The van der Waals surface area contributed by atoms with E-state index in [9.17, 15) is 14.7 Å². The third-order valence-corrected chi connectivity index (χ3v) is 6.65. The van der Waals surface area contributed by atoms with Crippen LogP contribution < -0.4 is 10.1 Å². The Kier molecular flexibility index (Phi) is 6.64. The molecule has 38 heavy (non-hydrogen) atoms. The summed E-state index contributed by atoms with van der Waals surface area (Å²) in [7, 11) is 1.61. The van der Waals surface area contributed by atoms with Crippen molar-refractivity contribution in [3.63, 3.8) is 0 Å². The molecule has 1 atom stereocenters. The summed E-state index contributed by atoms with van der Waals surface area (Å²) >= 11 is 0. The Hall–Kier alpha value is -4.21. The van der Waals surface area contributed by atoms with E-state index in [1.165, 1.54) is 4.90 Å². The van der Waals surface area contributed by atoms with Gasteiger partial charge in [0, 0.05) is 42.3 Å². The van der Waals surface area contributed by atoms with Crippen LogP contribution in [-0.2, 0) is 17.0 Å². The Bertz CT molecular complexity index is 1480. The van der Waals surface area contributed by atoms with Gasteiger partial charge in [0.05, 0.1) is 17.6 Å². The molecule has 0 bridgehead atoms. The number of carbonyl (C=O) groups excluding carboxylic acids is 2. The molecule has 0 radical (unpaired) electrons. The molecule has 9 heteroatoms. The van der Waals surface area contributed by atoms with Crippen molar-refractivity contribution < 1.29 is 24.2 Å². The van der Waals surface area contributed by atoms with Crippen LogP contribution in [-0.4, -0.2) is 52.2 Å². The lowest BCUT2D eigenvalue weighted by molar-refractivity contribution is -0.0542. The van der Waals surface area contributed by atoms with E-state index >= 15 is 0 Å². The summed E-state index contributed by atoms with van der Waals surface area (Å²) in [6, 6.07) is 21.8. The number of ether oxygens (including phenoxy) is 2. The van der Waals surface area contributed by atoms with Gasteiger partial charge in [-0.2, -0.15) is 4.98 Å². The van der Waals surface area contributed by atoms with Gasteiger partial charge < -0.3 is 24.9 Å². The molecule has 4 aromatic rings. The van der Waals surface area contributed by atoms with Crippen LogP contribution in [0.15, 0.2) is 72.8 Å². The molecule has 196 valence electrons. The van der Waals surface area contributed by atoms with E-state index in [0.29, 0.717) is 40.9 Å². The number of aromatic amines is 1. The zero-order chi connectivity index (χ0) is 26.9. The number of amides is 2. The van der Waals surface area contributed by atoms with Gasteiger partial charge >= 0.3 is 12.1 Å². The number of hydrogen-bond donors (Lipinski definition) is 3. The maximum absolute atomic E-state index is 13.4. The molecule has 0 saturated carbocycles. The fourth-order valence-corrected chi connectivity index (χ4v) is 4.80. The minimum absolute atomic E-state index is 0.0234. The van der Waals surface area contributed by atoms with Crippen LogP contribution in [0.1, 0.15) is 40.9 Å². The van der Waals surface area contributed by atoms with Crippen LogP contribution in [0.2, 0.25) is 0 Å². The van der Waals surface area contributed by atoms with Gasteiger partial charge in [-0.25, -0.2) is 4.79 Å². The SMILES string of the molecule is COCC(C)(C)CNC(=O)Oc1nc2ccc(C3(O)c4ccccc4C(=O)N3Cc3ccccc3)cc2[nH]1. The Morgan fingerprint density at radius 3 is 2.61 bits per heavy atom. The standard InChI is InChI=1S/C29H30N4O5/c1-28(2,18-37-3)17-30-27(35)38-26-31-23-14-13-20(15-24(23)32-26)29(36)22-12-8-7-11-21(22)25(34)33(29)16-19-9-5-4-6-10-19/h4-15,36H,16-18H2,1-3H3,(H,30,35)(H,31,32). The molecule has 0 aliphatic carbocycles. The molecule has 2 amide bonds. The lowest BCUT2D eigenvalue weighted by Gasteiger charge is -2.35. The summed E-state index contributed by atoms with van der Waals surface area (Å²) in [6.07, 6.45) is -0.642.